The highest BCUT2D eigenvalue weighted by Crippen LogP contribution is 2.33. The Morgan fingerprint density at radius 1 is 1.25 bits per heavy atom. The second-order valence-electron chi connectivity index (χ2n) is 6.44. The summed E-state index contributed by atoms with van der Waals surface area (Å²) in [4.78, 5) is 25.2. The van der Waals surface area contributed by atoms with Gasteiger partial charge in [-0.2, -0.15) is 0 Å². The van der Waals surface area contributed by atoms with E-state index >= 15 is 0 Å². The van der Waals surface area contributed by atoms with Gasteiger partial charge in [-0.05, 0) is 43.9 Å². The minimum atomic E-state index is -0.738. The van der Waals surface area contributed by atoms with Gasteiger partial charge in [0.1, 0.15) is 12.4 Å². The average molecular weight is 333 g/mol. The molecule has 2 aliphatic rings. The molecule has 3 N–H and O–H groups in total. The number of carboxylic acids is 1. The lowest BCUT2D eigenvalue weighted by molar-refractivity contribution is -0.142. The second kappa shape index (κ2) is 6.98. The molecule has 24 heavy (non-hydrogen) atoms. The zero-order valence-electron chi connectivity index (χ0n) is 13.7. The van der Waals surface area contributed by atoms with Crippen molar-refractivity contribution < 1.29 is 19.4 Å². The van der Waals surface area contributed by atoms with Crippen molar-refractivity contribution in [2.75, 3.05) is 30.4 Å². The van der Waals surface area contributed by atoms with Crippen LogP contribution in [0, 0.1) is 5.92 Å². The maximum atomic E-state index is 12.2. The Hall–Kier alpha value is -2.44. The number of likely N-dealkylation sites (N-methyl/N-ethyl adjacent to an activating group) is 1. The topological polar surface area (TPSA) is 90.9 Å². The highest BCUT2D eigenvalue weighted by atomic mass is 16.5. The Morgan fingerprint density at radius 3 is 2.71 bits per heavy atom. The molecule has 0 spiro atoms. The summed E-state index contributed by atoms with van der Waals surface area (Å²) in [7, 11) is 1.99. The normalized spacial score (nSPS) is 23.0. The molecule has 1 heterocycles. The lowest BCUT2D eigenvalue weighted by atomic mass is 9.86. The van der Waals surface area contributed by atoms with Gasteiger partial charge in [0.15, 0.2) is 0 Å². The van der Waals surface area contributed by atoms with Gasteiger partial charge in [0.25, 0.3) is 0 Å². The maximum absolute atomic E-state index is 12.2. The van der Waals surface area contributed by atoms with E-state index in [-0.39, 0.29) is 18.0 Å². The molecule has 7 nitrogen and oxygen atoms in total. The predicted octanol–water partition coefficient (Wildman–Crippen LogP) is 2.28. The van der Waals surface area contributed by atoms with Crippen molar-refractivity contribution >= 4 is 23.4 Å². The van der Waals surface area contributed by atoms with E-state index in [4.69, 9.17) is 9.84 Å². The van der Waals surface area contributed by atoms with E-state index in [0.29, 0.717) is 38.0 Å². The molecule has 0 bridgehead atoms. The van der Waals surface area contributed by atoms with Crippen LogP contribution in [0.3, 0.4) is 0 Å². The quantitative estimate of drug-likeness (QED) is 0.789. The number of aliphatic carboxylic acids is 1. The number of fused-ring (bicyclic) bond motifs is 1. The van der Waals surface area contributed by atoms with Gasteiger partial charge in [-0.3, -0.25) is 4.79 Å². The SMILES string of the molecule is CN1CCOc2ccc(NC(=O)NC3CCC(C(=O)O)CC3)cc21. The molecule has 3 rings (SSSR count). The number of rotatable bonds is 3. The summed E-state index contributed by atoms with van der Waals surface area (Å²) in [5, 5.41) is 14.8. The van der Waals surface area contributed by atoms with E-state index in [1.807, 2.05) is 25.2 Å². The minimum Gasteiger partial charge on any atom is -0.490 e. The molecule has 1 aliphatic heterocycles. The molecule has 1 saturated carbocycles. The summed E-state index contributed by atoms with van der Waals surface area (Å²) in [6, 6.07) is 5.35. The third-order valence-electron chi connectivity index (χ3n) is 4.72. The van der Waals surface area contributed by atoms with Crippen molar-refractivity contribution in [2.24, 2.45) is 5.92 Å². The summed E-state index contributed by atoms with van der Waals surface area (Å²) in [6.07, 6.45) is 2.62. The summed E-state index contributed by atoms with van der Waals surface area (Å²) in [6.45, 7) is 1.48. The summed E-state index contributed by atoms with van der Waals surface area (Å²) in [5.74, 6) is -0.192. The molecule has 0 unspecified atom stereocenters. The minimum absolute atomic E-state index is 0.0317. The number of nitrogens with one attached hydrogen (secondary N) is 2. The first kappa shape index (κ1) is 16.4. The van der Waals surface area contributed by atoms with Crippen LogP contribution < -0.4 is 20.3 Å². The Morgan fingerprint density at radius 2 is 2.00 bits per heavy atom. The standard InChI is InChI=1S/C17H23N3O4/c1-20-8-9-24-15-7-6-13(10-14(15)20)19-17(23)18-12-4-2-11(3-5-12)16(21)22/h6-7,10-12H,2-5,8-9H2,1H3,(H,21,22)(H2,18,19,23). The monoisotopic (exact) mass is 333 g/mol. The molecule has 1 aromatic rings. The predicted molar refractivity (Wildman–Crippen MR) is 90.7 cm³/mol. The number of carbonyl (C=O) groups excluding carboxylic acids is 1. The summed E-state index contributed by atoms with van der Waals surface area (Å²) < 4.78 is 5.59. The smallest absolute Gasteiger partial charge is 0.319 e. The zero-order chi connectivity index (χ0) is 17.1. The van der Waals surface area contributed by atoms with Crippen LogP contribution in [-0.2, 0) is 4.79 Å². The number of anilines is 2. The fraction of sp³-hybridized carbons (Fsp3) is 0.529. The van der Waals surface area contributed by atoms with E-state index in [0.717, 1.165) is 18.0 Å². The number of benzene rings is 1. The van der Waals surface area contributed by atoms with Crippen LogP contribution in [0.25, 0.3) is 0 Å². The molecule has 1 aliphatic carbocycles. The number of hydrogen-bond donors (Lipinski definition) is 3. The first-order valence-electron chi connectivity index (χ1n) is 8.31. The van der Waals surface area contributed by atoms with Crippen molar-refractivity contribution in [3.8, 4) is 5.75 Å². The van der Waals surface area contributed by atoms with Gasteiger partial charge in [-0.15, -0.1) is 0 Å². The van der Waals surface area contributed by atoms with Crippen molar-refractivity contribution in [3.63, 3.8) is 0 Å². The van der Waals surface area contributed by atoms with Crippen LogP contribution in [0.4, 0.5) is 16.2 Å². The highest BCUT2D eigenvalue weighted by molar-refractivity contribution is 5.90. The summed E-state index contributed by atoms with van der Waals surface area (Å²) >= 11 is 0. The number of urea groups is 1. The van der Waals surface area contributed by atoms with Crippen molar-refractivity contribution in [2.45, 2.75) is 31.7 Å². The fourth-order valence-corrected chi connectivity index (χ4v) is 3.27. The van der Waals surface area contributed by atoms with E-state index in [2.05, 4.69) is 15.5 Å². The number of hydrogen-bond acceptors (Lipinski definition) is 4. The number of ether oxygens (including phenoxy) is 1. The Balaban J connectivity index is 1.54. The number of carboxylic acid groups (broad SMARTS) is 1. The number of amides is 2. The van der Waals surface area contributed by atoms with Crippen molar-refractivity contribution in [1.82, 2.24) is 5.32 Å². The Bertz CT molecular complexity index is 626. The molecule has 7 heteroatoms. The van der Waals surface area contributed by atoms with Crippen LogP contribution in [0.5, 0.6) is 5.75 Å². The lowest BCUT2D eigenvalue weighted by Crippen LogP contribution is -2.41. The van der Waals surface area contributed by atoms with Crippen LogP contribution in [0.15, 0.2) is 18.2 Å². The molecule has 130 valence electrons. The van der Waals surface area contributed by atoms with Crippen LogP contribution in [0.1, 0.15) is 25.7 Å². The lowest BCUT2D eigenvalue weighted by Gasteiger charge is -2.28. The van der Waals surface area contributed by atoms with Crippen molar-refractivity contribution in [3.05, 3.63) is 18.2 Å². The highest BCUT2D eigenvalue weighted by Gasteiger charge is 2.26. The van der Waals surface area contributed by atoms with Gasteiger partial charge in [0.2, 0.25) is 0 Å². The zero-order valence-corrected chi connectivity index (χ0v) is 13.7. The van der Waals surface area contributed by atoms with Gasteiger partial charge < -0.3 is 25.4 Å². The molecule has 0 atom stereocenters. The van der Waals surface area contributed by atoms with E-state index < -0.39 is 5.97 Å². The van der Waals surface area contributed by atoms with Gasteiger partial charge in [0.05, 0.1) is 18.2 Å². The van der Waals surface area contributed by atoms with Gasteiger partial charge in [-0.25, -0.2) is 4.79 Å². The Kier molecular flexibility index (Phi) is 4.78. The van der Waals surface area contributed by atoms with Crippen molar-refractivity contribution in [1.29, 1.82) is 0 Å². The first-order chi connectivity index (χ1) is 11.5. The second-order valence-corrected chi connectivity index (χ2v) is 6.44. The molecular formula is C17H23N3O4. The van der Waals surface area contributed by atoms with Crippen LogP contribution >= 0.6 is 0 Å². The Labute approximate surface area is 141 Å². The summed E-state index contributed by atoms with van der Waals surface area (Å²) in [5.41, 5.74) is 1.67. The van der Waals surface area contributed by atoms with E-state index in [1.54, 1.807) is 0 Å². The fourth-order valence-electron chi connectivity index (χ4n) is 3.27. The molecule has 1 fully saturated rings. The van der Waals surface area contributed by atoms with Gasteiger partial charge in [0, 0.05) is 18.8 Å². The molecule has 0 saturated heterocycles. The molecular weight excluding hydrogens is 310 g/mol. The number of nitrogens with zero attached hydrogens (tertiary/aromatic N) is 1. The van der Waals surface area contributed by atoms with Gasteiger partial charge in [-0.1, -0.05) is 0 Å². The molecule has 0 aromatic heterocycles. The number of carbonyl (C=O) groups is 2. The maximum Gasteiger partial charge on any atom is 0.319 e. The first-order valence-corrected chi connectivity index (χ1v) is 8.31. The average Bonchev–Trinajstić information content (AvgIpc) is 2.56. The van der Waals surface area contributed by atoms with Crippen LogP contribution in [0.2, 0.25) is 0 Å². The van der Waals surface area contributed by atoms with Gasteiger partial charge >= 0.3 is 12.0 Å². The third-order valence-corrected chi connectivity index (χ3v) is 4.72. The molecule has 0 radical (unpaired) electrons. The van der Waals surface area contributed by atoms with E-state index in [1.165, 1.54) is 0 Å². The largest absolute Gasteiger partial charge is 0.490 e. The third kappa shape index (κ3) is 3.72. The molecule has 2 amide bonds. The van der Waals surface area contributed by atoms with Crippen LogP contribution in [-0.4, -0.2) is 43.3 Å². The molecule has 1 aromatic carbocycles. The van der Waals surface area contributed by atoms with E-state index in [9.17, 15) is 9.59 Å².